The summed E-state index contributed by atoms with van der Waals surface area (Å²) in [6.45, 7) is 4.01. The van der Waals surface area contributed by atoms with Crippen molar-refractivity contribution < 1.29 is 9.47 Å². The van der Waals surface area contributed by atoms with E-state index in [0.717, 1.165) is 29.4 Å². The summed E-state index contributed by atoms with van der Waals surface area (Å²) in [5, 5.41) is 0.765. The highest BCUT2D eigenvalue weighted by Gasteiger charge is 2.45. The number of piperidine rings is 1. The smallest absolute Gasteiger partial charge is 0.127 e. The monoisotopic (exact) mass is 347 g/mol. The Hall–Kier alpha value is -1.03. The molecule has 1 aromatic carbocycles. The Balaban J connectivity index is 1.47. The van der Waals surface area contributed by atoms with Crippen molar-refractivity contribution in [3.63, 3.8) is 0 Å². The minimum atomic E-state index is 0.379. The standard InChI is InChI=1S/C20H26ClNO2/c1-23-19-4-2-7-20(19)8-3-9-22(14-20)12-15-10-16-11-17(21)5-6-18(16)24-13-15/h5-6,10-11,19H,2-4,7-9,12-14H2,1H3/t19-,20-/m1/s1. The summed E-state index contributed by atoms with van der Waals surface area (Å²) in [4.78, 5) is 2.60. The summed E-state index contributed by atoms with van der Waals surface area (Å²) < 4.78 is 11.7. The average Bonchev–Trinajstić information content (AvgIpc) is 2.96. The van der Waals surface area contributed by atoms with E-state index in [4.69, 9.17) is 21.1 Å². The number of hydrogen-bond donors (Lipinski definition) is 0. The zero-order valence-corrected chi connectivity index (χ0v) is 15.1. The van der Waals surface area contributed by atoms with E-state index >= 15 is 0 Å². The van der Waals surface area contributed by atoms with Gasteiger partial charge in [0.1, 0.15) is 12.4 Å². The molecule has 1 saturated carbocycles. The quantitative estimate of drug-likeness (QED) is 0.809. The minimum Gasteiger partial charge on any atom is -0.489 e. The molecule has 0 aromatic heterocycles. The van der Waals surface area contributed by atoms with Crippen molar-refractivity contribution in [3.05, 3.63) is 34.4 Å². The summed E-state index contributed by atoms with van der Waals surface area (Å²) in [5.74, 6) is 0.938. The number of benzene rings is 1. The molecular formula is C20H26ClNO2. The van der Waals surface area contributed by atoms with Gasteiger partial charge in [0.2, 0.25) is 0 Å². The van der Waals surface area contributed by atoms with E-state index in [1.807, 2.05) is 25.3 Å². The summed E-state index contributed by atoms with van der Waals surface area (Å²) in [6.07, 6.45) is 9.14. The van der Waals surface area contributed by atoms with Crippen LogP contribution in [0.15, 0.2) is 23.8 Å². The molecule has 24 heavy (non-hydrogen) atoms. The van der Waals surface area contributed by atoms with Crippen molar-refractivity contribution in [1.29, 1.82) is 0 Å². The molecule has 1 aliphatic carbocycles. The second-order valence-electron chi connectivity index (χ2n) is 7.57. The lowest BCUT2D eigenvalue weighted by Crippen LogP contribution is -2.48. The molecule has 0 bridgehead atoms. The number of nitrogens with zero attached hydrogens (tertiary/aromatic N) is 1. The maximum atomic E-state index is 6.12. The van der Waals surface area contributed by atoms with Gasteiger partial charge < -0.3 is 9.47 Å². The Morgan fingerprint density at radius 2 is 2.21 bits per heavy atom. The van der Waals surface area contributed by atoms with E-state index in [1.165, 1.54) is 44.2 Å². The number of ether oxygens (including phenoxy) is 2. The second kappa shape index (κ2) is 6.70. The molecule has 2 fully saturated rings. The fourth-order valence-electron chi connectivity index (χ4n) is 4.91. The molecule has 0 radical (unpaired) electrons. The predicted molar refractivity (Wildman–Crippen MR) is 97.7 cm³/mol. The van der Waals surface area contributed by atoms with E-state index in [1.54, 1.807) is 0 Å². The number of fused-ring (bicyclic) bond motifs is 1. The molecule has 4 rings (SSSR count). The Kier molecular flexibility index (Phi) is 4.59. The first-order valence-electron chi connectivity index (χ1n) is 9.05. The van der Waals surface area contributed by atoms with E-state index in [-0.39, 0.29) is 0 Å². The maximum absolute atomic E-state index is 6.12. The van der Waals surface area contributed by atoms with Crippen molar-refractivity contribution >= 4 is 17.7 Å². The molecule has 3 nitrogen and oxygen atoms in total. The van der Waals surface area contributed by atoms with Crippen molar-refractivity contribution in [2.45, 2.75) is 38.2 Å². The topological polar surface area (TPSA) is 21.7 Å². The van der Waals surface area contributed by atoms with Gasteiger partial charge in [0, 0.05) is 36.2 Å². The summed E-state index contributed by atoms with van der Waals surface area (Å²) in [6, 6.07) is 5.84. The molecule has 2 atom stereocenters. The Bertz CT molecular complexity index is 645. The van der Waals surface area contributed by atoms with Crippen molar-refractivity contribution in [3.8, 4) is 5.75 Å². The average molecular weight is 348 g/mol. The van der Waals surface area contributed by atoms with E-state index in [0.29, 0.717) is 18.1 Å². The SMILES string of the molecule is CO[C@@H]1CCC[C@]12CCCN(CC1=Cc3cc(Cl)ccc3OC1)C2. The Morgan fingerprint density at radius 1 is 1.33 bits per heavy atom. The zero-order chi connectivity index (χ0) is 16.6. The molecule has 2 heterocycles. The van der Waals surface area contributed by atoms with Crippen LogP contribution in [-0.2, 0) is 4.74 Å². The highest BCUT2D eigenvalue weighted by molar-refractivity contribution is 6.30. The number of hydrogen-bond acceptors (Lipinski definition) is 3. The number of likely N-dealkylation sites (tertiary alicyclic amines) is 1. The molecule has 1 saturated heterocycles. The predicted octanol–water partition coefficient (Wildman–Crippen LogP) is 4.40. The van der Waals surface area contributed by atoms with Gasteiger partial charge in [-0.15, -0.1) is 0 Å². The fourth-order valence-corrected chi connectivity index (χ4v) is 5.09. The molecule has 1 aromatic rings. The van der Waals surface area contributed by atoms with Gasteiger partial charge in [0.05, 0.1) is 6.10 Å². The third kappa shape index (κ3) is 3.10. The first kappa shape index (κ1) is 16.4. The van der Waals surface area contributed by atoms with Crippen LogP contribution in [0.4, 0.5) is 0 Å². The van der Waals surface area contributed by atoms with Crippen LogP contribution in [0.25, 0.3) is 6.08 Å². The summed E-state index contributed by atoms with van der Waals surface area (Å²) >= 11 is 6.12. The molecular weight excluding hydrogens is 322 g/mol. The molecule has 4 heteroatoms. The van der Waals surface area contributed by atoms with Gasteiger partial charge in [-0.2, -0.15) is 0 Å². The first-order valence-corrected chi connectivity index (χ1v) is 9.43. The van der Waals surface area contributed by atoms with Gasteiger partial charge >= 0.3 is 0 Å². The maximum Gasteiger partial charge on any atom is 0.127 e. The van der Waals surface area contributed by atoms with Crippen LogP contribution in [0.1, 0.15) is 37.7 Å². The molecule has 3 aliphatic rings. The van der Waals surface area contributed by atoms with E-state index in [9.17, 15) is 0 Å². The zero-order valence-electron chi connectivity index (χ0n) is 14.4. The third-order valence-corrected chi connectivity index (χ3v) is 6.20. The van der Waals surface area contributed by atoms with Gasteiger partial charge in [0.25, 0.3) is 0 Å². The van der Waals surface area contributed by atoms with Crippen LogP contribution in [0.2, 0.25) is 5.02 Å². The van der Waals surface area contributed by atoms with Gasteiger partial charge in [-0.05, 0) is 62.1 Å². The fraction of sp³-hybridized carbons (Fsp3) is 0.600. The molecule has 0 unspecified atom stereocenters. The lowest BCUT2D eigenvalue weighted by molar-refractivity contribution is -0.0330. The Labute approximate surface area is 149 Å². The van der Waals surface area contributed by atoms with Crippen molar-refractivity contribution in [1.82, 2.24) is 4.90 Å². The van der Waals surface area contributed by atoms with Gasteiger partial charge in [-0.3, -0.25) is 4.90 Å². The van der Waals surface area contributed by atoms with Crippen LogP contribution in [-0.4, -0.2) is 44.4 Å². The highest BCUT2D eigenvalue weighted by atomic mass is 35.5. The van der Waals surface area contributed by atoms with Gasteiger partial charge in [0.15, 0.2) is 0 Å². The number of rotatable bonds is 3. The van der Waals surface area contributed by atoms with Gasteiger partial charge in [-0.25, -0.2) is 0 Å². The molecule has 0 amide bonds. The Morgan fingerprint density at radius 3 is 3.08 bits per heavy atom. The summed E-state index contributed by atoms with van der Waals surface area (Å²) in [5.41, 5.74) is 2.82. The second-order valence-corrected chi connectivity index (χ2v) is 8.00. The number of halogens is 1. The third-order valence-electron chi connectivity index (χ3n) is 5.97. The van der Waals surface area contributed by atoms with Crippen LogP contribution < -0.4 is 4.74 Å². The van der Waals surface area contributed by atoms with Crippen LogP contribution in [0, 0.1) is 5.41 Å². The van der Waals surface area contributed by atoms with Gasteiger partial charge in [-0.1, -0.05) is 18.0 Å². The van der Waals surface area contributed by atoms with Crippen molar-refractivity contribution in [2.24, 2.45) is 5.41 Å². The first-order chi connectivity index (χ1) is 11.7. The molecule has 130 valence electrons. The van der Waals surface area contributed by atoms with Crippen molar-refractivity contribution in [2.75, 3.05) is 33.4 Å². The number of methoxy groups -OCH3 is 1. The normalized spacial score (nSPS) is 30.1. The minimum absolute atomic E-state index is 0.379. The lowest BCUT2D eigenvalue weighted by atomic mass is 9.76. The van der Waals surface area contributed by atoms with Crippen LogP contribution >= 0.6 is 11.6 Å². The lowest BCUT2D eigenvalue weighted by Gasteiger charge is -2.44. The van der Waals surface area contributed by atoms with E-state index < -0.39 is 0 Å². The highest BCUT2D eigenvalue weighted by Crippen LogP contribution is 2.46. The summed E-state index contributed by atoms with van der Waals surface area (Å²) in [7, 11) is 1.88. The largest absolute Gasteiger partial charge is 0.489 e. The van der Waals surface area contributed by atoms with Crippen LogP contribution in [0.5, 0.6) is 5.75 Å². The van der Waals surface area contributed by atoms with Crippen LogP contribution in [0.3, 0.4) is 0 Å². The molecule has 1 spiro atoms. The van der Waals surface area contributed by atoms with E-state index in [2.05, 4.69) is 11.0 Å². The molecule has 2 aliphatic heterocycles. The molecule has 0 N–H and O–H groups in total.